The second-order valence-corrected chi connectivity index (χ2v) is 11.3. The van der Waals surface area contributed by atoms with E-state index in [0.29, 0.717) is 0 Å². The molecule has 2 aliphatic rings. The van der Waals surface area contributed by atoms with Crippen molar-refractivity contribution in [3.8, 4) is 0 Å². The SMILES string of the molecule is CCN(CC)[P@@]1(=Nc2ccccc2)/C(=C2\N(C)c3ccccc3C2(C)C)C=NN1C. The van der Waals surface area contributed by atoms with Gasteiger partial charge in [0, 0.05) is 44.0 Å². The summed E-state index contributed by atoms with van der Waals surface area (Å²) in [4.78, 5) is 2.36. The van der Waals surface area contributed by atoms with Gasteiger partial charge in [-0.05, 0) is 23.8 Å². The lowest BCUT2D eigenvalue weighted by Gasteiger charge is -2.39. The van der Waals surface area contributed by atoms with Crippen LogP contribution in [0.4, 0.5) is 11.4 Å². The molecule has 4 rings (SSSR count). The Balaban J connectivity index is 2.06. The van der Waals surface area contributed by atoms with Crippen LogP contribution < -0.4 is 4.90 Å². The molecule has 6 heteroatoms. The Hall–Kier alpha value is -2.36. The Bertz CT molecular complexity index is 1050. The normalized spacial score (nSPS) is 24.6. The lowest BCUT2D eigenvalue weighted by atomic mass is 9.84. The van der Waals surface area contributed by atoms with Crippen LogP contribution >= 0.6 is 7.36 Å². The van der Waals surface area contributed by atoms with Crippen molar-refractivity contribution < 1.29 is 0 Å². The van der Waals surface area contributed by atoms with Crippen LogP contribution in [0.5, 0.6) is 0 Å². The minimum atomic E-state index is -2.27. The molecule has 0 radical (unpaired) electrons. The van der Waals surface area contributed by atoms with Gasteiger partial charge in [0.2, 0.25) is 0 Å². The highest BCUT2D eigenvalue weighted by atomic mass is 31.2. The third kappa shape index (κ3) is 2.95. The molecule has 0 spiro atoms. The van der Waals surface area contributed by atoms with E-state index in [2.05, 4.69) is 111 Å². The number of anilines is 1. The Morgan fingerprint density at radius 1 is 0.967 bits per heavy atom. The lowest BCUT2D eigenvalue weighted by molar-refractivity contribution is 0.452. The average molecular weight is 422 g/mol. The number of benzene rings is 2. The van der Waals surface area contributed by atoms with E-state index < -0.39 is 7.36 Å². The van der Waals surface area contributed by atoms with Crippen molar-refractivity contribution in [3.05, 3.63) is 71.2 Å². The summed E-state index contributed by atoms with van der Waals surface area (Å²) in [5.74, 6) is 0. The summed E-state index contributed by atoms with van der Waals surface area (Å²) in [6, 6.07) is 19.1. The van der Waals surface area contributed by atoms with Gasteiger partial charge in [-0.15, -0.1) is 0 Å². The van der Waals surface area contributed by atoms with Gasteiger partial charge in [-0.25, -0.2) is 14.2 Å². The zero-order valence-electron chi connectivity index (χ0n) is 18.9. The maximum atomic E-state index is 5.45. The summed E-state index contributed by atoms with van der Waals surface area (Å²) < 4.78 is 10.1. The fraction of sp³-hybridized carbons (Fsp3) is 0.375. The second kappa shape index (κ2) is 7.72. The van der Waals surface area contributed by atoms with Crippen LogP contribution in [-0.4, -0.2) is 42.8 Å². The molecule has 30 heavy (non-hydrogen) atoms. The molecule has 0 saturated carbocycles. The Morgan fingerprint density at radius 3 is 2.23 bits per heavy atom. The quantitative estimate of drug-likeness (QED) is 0.546. The van der Waals surface area contributed by atoms with Crippen molar-refractivity contribution in [2.24, 2.45) is 9.85 Å². The van der Waals surface area contributed by atoms with Gasteiger partial charge in [-0.3, -0.25) is 0 Å². The zero-order chi connectivity index (χ0) is 21.5. The molecule has 0 N–H and O–H groups in total. The van der Waals surface area contributed by atoms with Gasteiger partial charge in [-0.2, -0.15) is 5.10 Å². The van der Waals surface area contributed by atoms with E-state index in [4.69, 9.17) is 9.85 Å². The molecule has 5 nitrogen and oxygen atoms in total. The molecule has 0 aromatic heterocycles. The Labute approximate surface area is 180 Å². The highest BCUT2D eigenvalue weighted by Gasteiger charge is 2.47. The molecule has 2 aliphatic heterocycles. The van der Waals surface area contributed by atoms with Crippen molar-refractivity contribution >= 4 is 24.9 Å². The molecule has 0 bridgehead atoms. The monoisotopic (exact) mass is 421 g/mol. The van der Waals surface area contributed by atoms with Crippen LogP contribution in [0.15, 0.2) is 75.5 Å². The number of hydrazone groups is 1. The van der Waals surface area contributed by atoms with Gasteiger partial charge in [-0.1, -0.05) is 64.1 Å². The molecule has 0 amide bonds. The van der Waals surface area contributed by atoms with E-state index in [1.807, 2.05) is 6.07 Å². The van der Waals surface area contributed by atoms with E-state index in [1.54, 1.807) is 0 Å². The second-order valence-electron chi connectivity index (χ2n) is 8.31. The Morgan fingerprint density at radius 2 is 1.60 bits per heavy atom. The minimum Gasteiger partial charge on any atom is -0.346 e. The fourth-order valence-corrected chi connectivity index (χ4v) is 8.60. The number of rotatable bonds is 4. The summed E-state index contributed by atoms with van der Waals surface area (Å²) in [7, 11) is 2.00. The molecular weight excluding hydrogens is 389 g/mol. The van der Waals surface area contributed by atoms with Gasteiger partial charge >= 0.3 is 0 Å². The van der Waals surface area contributed by atoms with Gasteiger partial charge in [0.1, 0.15) is 0 Å². The first-order chi connectivity index (χ1) is 14.4. The first kappa shape index (κ1) is 20.9. The summed E-state index contributed by atoms with van der Waals surface area (Å²) in [6.07, 6.45) is 2.07. The molecule has 0 unspecified atom stereocenters. The van der Waals surface area contributed by atoms with E-state index in [0.717, 1.165) is 18.8 Å². The molecule has 158 valence electrons. The molecular formula is C24H32N5P. The number of para-hydroxylation sites is 1. The predicted molar refractivity (Wildman–Crippen MR) is 130 cm³/mol. The van der Waals surface area contributed by atoms with Crippen LogP contribution in [-0.2, 0) is 5.41 Å². The topological polar surface area (TPSA) is 34.4 Å². The number of nitrogens with zero attached hydrogens (tertiary/aromatic N) is 5. The van der Waals surface area contributed by atoms with Crippen LogP contribution in [0.1, 0.15) is 33.3 Å². The van der Waals surface area contributed by atoms with Crippen LogP contribution in [0, 0.1) is 0 Å². The molecule has 2 aromatic rings. The molecule has 0 saturated heterocycles. The number of hydrogen-bond acceptors (Lipinski definition) is 3. The number of allylic oxidation sites excluding steroid dienone is 2. The fourth-order valence-electron chi connectivity index (χ4n) is 4.89. The van der Waals surface area contributed by atoms with E-state index in [9.17, 15) is 0 Å². The molecule has 1 atom stereocenters. The van der Waals surface area contributed by atoms with Gasteiger partial charge in [0.15, 0.2) is 7.36 Å². The van der Waals surface area contributed by atoms with E-state index >= 15 is 0 Å². The van der Waals surface area contributed by atoms with Crippen LogP contribution in [0.25, 0.3) is 0 Å². The van der Waals surface area contributed by atoms with Gasteiger partial charge in [0.05, 0.1) is 17.2 Å². The van der Waals surface area contributed by atoms with Crippen molar-refractivity contribution in [1.82, 2.24) is 9.45 Å². The first-order valence-corrected chi connectivity index (χ1v) is 12.3. The zero-order valence-corrected chi connectivity index (χ0v) is 19.8. The maximum absolute atomic E-state index is 5.45. The smallest absolute Gasteiger partial charge is 0.174 e. The van der Waals surface area contributed by atoms with Crippen molar-refractivity contribution in [2.75, 3.05) is 32.1 Å². The molecule has 2 aromatic carbocycles. The summed E-state index contributed by atoms with van der Waals surface area (Å²) in [6.45, 7) is 10.9. The molecule has 0 fully saturated rings. The molecule has 0 aliphatic carbocycles. The highest BCUT2D eigenvalue weighted by Crippen LogP contribution is 2.69. The van der Waals surface area contributed by atoms with E-state index in [-0.39, 0.29) is 5.41 Å². The summed E-state index contributed by atoms with van der Waals surface area (Å²) >= 11 is 0. The van der Waals surface area contributed by atoms with Crippen LogP contribution in [0.2, 0.25) is 0 Å². The lowest BCUT2D eigenvalue weighted by Crippen LogP contribution is -2.30. The summed E-state index contributed by atoms with van der Waals surface area (Å²) in [5, 5.41) is 6.08. The standard InChI is InChI=1S/C24H32N5P/c1-7-29(8-2)30(26-19-14-10-9-11-15-19)22(18-25-28(30)6)23-24(3,4)20-16-12-13-17-21(20)27(23)5/h9-18H,7-8H2,1-6H3/b23-22-/t30-/m1/s1. The first-order valence-electron chi connectivity index (χ1n) is 10.7. The maximum Gasteiger partial charge on any atom is 0.174 e. The van der Waals surface area contributed by atoms with Crippen molar-refractivity contribution in [2.45, 2.75) is 33.1 Å². The largest absolute Gasteiger partial charge is 0.346 e. The van der Waals surface area contributed by atoms with Gasteiger partial charge < -0.3 is 4.90 Å². The number of hydrogen-bond donors (Lipinski definition) is 0. The minimum absolute atomic E-state index is 0.123. The Kier molecular flexibility index (Phi) is 5.37. The average Bonchev–Trinajstić information content (AvgIpc) is 3.16. The third-order valence-electron chi connectivity index (χ3n) is 6.32. The van der Waals surface area contributed by atoms with Crippen molar-refractivity contribution in [3.63, 3.8) is 0 Å². The number of fused-ring (bicyclic) bond motifs is 1. The van der Waals surface area contributed by atoms with Crippen molar-refractivity contribution in [1.29, 1.82) is 0 Å². The molecule has 2 heterocycles. The highest BCUT2D eigenvalue weighted by molar-refractivity contribution is 7.67. The summed E-state index contributed by atoms with van der Waals surface area (Å²) in [5.41, 5.74) is 4.81. The predicted octanol–water partition coefficient (Wildman–Crippen LogP) is 6.26. The van der Waals surface area contributed by atoms with Gasteiger partial charge in [0.25, 0.3) is 0 Å². The van der Waals surface area contributed by atoms with E-state index in [1.165, 1.54) is 22.3 Å². The van der Waals surface area contributed by atoms with Crippen LogP contribution in [0.3, 0.4) is 0 Å². The number of likely N-dealkylation sites (N-methyl/N-ethyl adjacent to an activating group) is 1. The third-order valence-corrected chi connectivity index (χ3v) is 10.1.